The maximum absolute atomic E-state index is 13.5. The highest BCUT2D eigenvalue weighted by Gasteiger charge is 2.37. The number of rotatable bonds is 13. The van der Waals surface area contributed by atoms with E-state index in [0.29, 0.717) is 76.8 Å². The number of methoxy groups -OCH3 is 1. The molecule has 0 radical (unpaired) electrons. The fourth-order valence-corrected chi connectivity index (χ4v) is 9.01. The number of esters is 1. The molecule has 1 fully saturated rings. The number of nitro benzene ring substituents is 1. The zero-order chi connectivity index (χ0) is 38.2. The SMILES string of the molecule is COC(=O)c1c(C)c2c(-c3c(CNS(=O)(=O)c4ccccc4[N+](=O)[O-])nn(C4CCCCO4)c3C)c(Cl)ccc2n1CCCO[Si](C)(C)C(C)(C)C. The fourth-order valence-electron chi connectivity index (χ4n) is 6.52. The lowest BCUT2D eigenvalue weighted by Gasteiger charge is -2.36. The smallest absolute Gasteiger partial charge is 0.354 e. The molecule has 0 bridgehead atoms. The van der Waals surface area contributed by atoms with E-state index in [2.05, 4.69) is 38.6 Å². The molecule has 1 atom stereocenters. The highest BCUT2D eigenvalue weighted by atomic mass is 35.5. The van der Waals surface area contributed by atoms with Crippen LogP contribution in [-0.2, 0) is 37.0 Å². The molecule has 1 N–H and O–H groups in total. The molecule has 2 aromatic carbocycles. The van der Waals surface area contributed by atoms with Crippen molar-refractivity contribution in [3.8, 4) is 11.1 Å². The van der Waals surface area contributed by atoms with Crippen LogP contribution in [0.25, 0.3) is 22.0 Å². The molecule has 1 saturated heterocycles. The predicted octanol–water partition coefficient (Wildman–Crippen LogP) is 8.06. The van der Waals surface area contributed by atoms with Gasteiger partial charge in [0.2, 0.25) is 10.0 Å². The van der Waals surface area contributed by atoms with Gasteiger partial charge in [0, 0.05) is 58.6 Å². The van der Waals surface area contributed by atoms with Crippen LogP contribution in [0.2, 0.25) is 23.2 Å². The molecule has 52 heavy (non-hydrogen) atoms. The van der Waals surface area contributed by atoms with Crippen LogP contribution in [0.15, 0.2) is 41.3 Å². The van der Waals surface area contributed by atoms with Gasteiger partial charge in [-0.25, -0.2) is 22.6 Å². The lowest BCUT2D eigenvalue weighted by Crippen LogP contribution is -2.41. The summed E-state index contributed by atoms with van der Waals surface area (Å²) >= 11 is 7.06. The van der Waals surface area contributed by atoms with E-state index in [9.17, 15) is 23.3 Å². The number of aromatic nitrogens is 3. The van der Waals surface area contributed by atoms with Crippen LogP contribution < -0.4 is 4.72 Å². The van der Waals surface area contributed by atoms with E-state index in [1.54, 1.807) is 10.7 Å². The van der Waals surface area contributed by atoms with Gasteiger partial charge in [-0.1, -0.05) is 44.5 Å². The summed E-state index contributed by atoms with van der Waals surface area (Å²) in [6.45, 7) is 16.0. The monoisotopic (exact) mass is 773 g/mol. The zero-order valence-electron chi connectivity index (χ0n) is 31.0. The van der Waals surface area contributed by atoms with Crippen LogP contribution in [0.5, 0.6) is 0 Å². The van der Waals surface area contributed by atoms with Crippen molar-refractivity contribution in [3.05, 3.63) is 74.2 Å². The molecule has 0 saturated carbocycles. The standard InChI is InChI=1S/C36H48ClN5O8SSi/c1-23-31-28(40(34(23)35(43)48-6)19-13-21-50-52(7,8)36(3,4)5)18-17-25(37)33(31)32-24(2)41(30-16-11-12-20-49-30)39-26(32)22-38-51(46,47)29-15-10-9-14-27(29)42(44)45/h9-10,14-15,17-18,30,38H,11-13,16,19-22H2,1-8H3. The molecule has 2 aromatic heterocycles. The zero-order valence-corrected chi connectivity index (χ0v) is 33.6. The summed E-state index contributed by atoms with van der Waals surface area (Å²) in [5, 5.41) is 17.7. The van der Waals surface area contributed by atoms with Crippen molar-refractivity contribution in [2.75, 3.05) is 20.3 Å². The molecule has 5 rings (SSSR count). The predicted molar refractivity (Wildman–Crippen MR) is 203 cm³/mol. The molecular formula is C36H48ClN5O8SSi. The quantitative estimate of drug-likeness (QED) is 0.0467. The van der Waals surface area contributed by atoms with Crippen molar-refractivity contribution in [3.63, 3.8) is 0 Å². The van der Waals surface area contributed by atoms with E-state index in [4.69, 9.17) is 30.6 Å². The maximum Gasteiger partial charge on any atom is 0.354 e. The third-order valence-electron chi connectivity index (χ3n) is 10.3. The number of benzene rings is 2. The molecular weight excluding hydrogens is 726 g/mol. The Labute approximate surface area is 310 Å². The Hall–Kier alpha value is -3.60. The summed E-state index contributed by atoms with van der Waals surface area (Å²) in [7, 11) is -5.00. The number of carbonyl (C=O) groups excluding carboxylic acids is 1. The van der Waals surface area contributed by atoms with Gasteiger partial charge in [-0.3, -0.25) is 10.1 Å². The lowest BCUT2D eigenvalue weighted by molar-refractivity contribution is -0.387. The van der Waals surface area contributed by atoms with Gasteiger partial charge in [-0.15, -0.1) is 0 Å². The summed E-state index contributed by atoms with van der Waals surface area (Å²) in [5.74, 6) is -0.499. The van der Waals surface area contributed by atoms with Crippen LogP contribution in [0.4, 0.5) is 5.69 Å². The minimum Gasteiger partial charge on any atom is -0.464 e. The Morgan fingerprint density at radius 3 is 2.50 bits per heavy atom. The molecule has 1 aliphatic heterocycles. The fraction of sp³-hybridized carbons (Fsp3) is 0.500. The molecule has 1 unspecified atom stereocenters. The molecule has 0 amide bonds. The number of aryl methyl sites for hydroxylation is 2. The van der Waals surface area contributed by atoms with Crippen molar-refractivity contribution in [2.24, 2.45) is 0 Å². The Bertz CT molecular complexity index is 2100. The molecule has 1 aliphatic rings. The maximum atomic E-state index is 13.5. The molecule has 3 heterocycles. The number of hydrogen-bond acceptors (Lipinski definition) is 9. The number of ether oxygens (including phenoxy) is 2. The van der Waals surface area contributed by atoms with Crippen molar-refractivity contribution in [1.29, 1.82) is 0 Å². The highest BCUT2D eigenvalue weighted by molar-refractivity contribution is 7.89. The number of fused-ring (bicyclic) bond motifs is 1. The molecule has 0 aliphatic carbocycles. The van der Waals surface area contributed by atoms with E-state index in [1.807, 2.05) is 24.5 Å². The van der Waals surface area contributed by atoms with Crippen molar-refractivity contribution in [1.82, 2.24) is 19.1 Å². The van der Waals surface area contributed by atoms with Crippen molar-refractivity contribution in [2.45, 2.75) is 103 Å². The largest absolute Gasteiger partial charge is 0.464 e. The highest BCUT2D eigenvalue weighted by Crippen LogP contribution is 2.44. The number of sulfonamides is 1. The van der Waals surface area contributed by atoms with Crippen LogP contribution in [0.3, 0.4) is 0 Å². The Kier molecular flexibility index (Phi) is 11.7. The van der Waals surface area contributed by atoms with Gasteiger partial charge in [-0.05, 0) is 81.4 Å². The molecule has 282 valence electrons. The van der Waals surface area contributed by atoms with Crippen LogP contribution in [0.1, 0.15) is 80.1 Å². The molecule has 4 aromatic rings. The van der Waals surface area contributed by atoms with E-state index < -0.39 is 39.8 Å². The molecule has 16 heteroatoms. The first kappa shape index (κ1) is 39.6. The summed E-state index contributed by atoms with van der Waals surface area (Å²) in [4.78, 5) is 23.9. The number of para-hydroxylation sites is 1. The van der Waals surface area contributed by atoms with E-state index >= 15 is 0 Å². The third kappa shape index (κ3) is 7.71. The Balaban J connectivity index is 1.64. The number of hydrogen-bond donors (Lipinski definition) is 1. The van der Waals surface area contributed by atoms with Gasteiger partial charge < -0.3 is 18.5 Å². The Morgan fingerprint density at radius 1 is 1.15 bits per heavy atom. The van der Waals surface area contributed by atoms with Crippen LogP contribution in [-0.4, -0.2) is 62.3 Å². The van der Waals surface area contributed by atoms with E-state index in [0.717, 1.165) is 24.4 Å². The van der Waals surface area contributed by atoms with Gasteiger partial charge in [-0.2, -0.15) is 5.10 Å². The number of halogens is 1. The van der Waals surface area contributed by atoms with Crippen molar-refractivity contribution >= 4 is 52.5 Å². The summed E-state index contributed by atoms with van der Waals surface area (Å²) in [6, 6.07) is 8.81. The van der Waals surface area contributed by atoms with E-state index in [1.165, 1.54) is 25.3 Å². The number of nitrogens with one attached hydrogen (secondary N) is 1. The normalized spacial score (nSPS) is 15.7. The number of nitrogens with zero attached hydrogens (tertiary/aromatic N) is 4. The van der Waals surface area contributed by atoms with Gasteiger partial charge in [0.05, 0.1) is 24.3 Å². The second kappa shape index (κ2) is 15.4. The van der Waals surface area contributed by atoms with Crippen LogP contribution in [0, 0.1) is 24.0 Å². The number of nitro groups is 1. The topological polar surface area (TPSA) is 157 Å². The second-order valence-electron chi connectivity index (χ2n) is 14.6. The minimum atomic E-state index is -4.35. The first-order valence-electron chi connectivity index (χ1n) is 17.4. The summed E-state index contributed by atoms with van der Waals surface area (Å²) < 4.78 is 51.1. The third-order valence-corrected chi connectivity index (χ3v) is 16.6. The lowest BCUT2D eigenvalue weighted by atomic mass is 9.96. The molecule has 0 spiro atoms. The average molecular weight is 774 g/mol. The summed E-state index contributed by atoms with van der Waals surface area (Å²) in [5.41, 5.74) is 3.43. The summed E-state index contributed by atoms with van der Waals surface area (Å²) in [6.07, 6.45) is 2.82. The van der Waals surface area contributed by atoms with Crippen LogP contribution >= 0.6 is 11.6 Å². The van der Waals surface area contributed by atoms with Gasteiger partial charge in [0.25, 0.3) is 5.69 Å². The second-order valence-corrected chi connectivity index (χ2v) is 21.6. The van der Waals surface area contributed by atoms with E-state index in [-0.39, 0.29) is 17.8 Å². The van der Waals surface area contributed by atoms with Gasteiger partial charge in [0.15, 0.2) is 13.2 Å². The minimum absolute atomic E-state index is 0.0548. The Morgan fingerprint density at radius 2 is 1.87 bits per heavy atom. The first-order chi connectivity index (χ1) is 24.4. The average Bonchev–Trinajstić information content (AvgIpc) is 3.57. The van der Waals surface area contributed by atoms with Crippen molar-refractivity contribution < 1.29 is 32.0 Å². The van der Waals surface area contributed by atoms with Gasteiger partial charge in [0.1, 0.15) is 11.9 Å². The number of carbonyl (C=O) groups is 1. The first-order valence-corrected chi connectivity index (χ1v) is 22.1. The van der Waals surface area contributed by atoms with Gasteiger partial charge >= 0.3 is 5.97 Å². The molecule has 13 nitrogen and oxygen atoms in total.